The third-order valence-corrected chi connectivity index (χ3v) is 6.05. The van der Waals surface area contributed by atoms with Crippen LogP contribution in [0.4, 0.5) is 14.5 Å². The molecule has 1 aliphatic heterocycles. The normalized spacial score (nSPS) is 15.5. The second-order valence-corrected chi connectivity index (χ2v) is 8.08. The van der Waals surface area contributed by atoms with Gasteiger partial charge in [-0.1, -0.05) is 60.7 Å². The maximum atomic E-state index is 15.0. The Morgan fingerprint density at radius 3 is 2.15 bits per heavy atom. The summed E-state index contributed by atoms with van der Waals surface area (Å²) < 4.78 is 31.0. The Balaban J connectivity index is 1.45. The van der Waals surface area contributed by atoms with Gasteiger partial charge in [-0.2, -0.15) is 0 Å². The number of tetrazole rings is 1. The molecule has 33 heavy (non-hydrogen) atoms. The van der Waals surface area contributed by atoms with Crippen molar-refractivity contribution in [2.24, 2.45) is 0 Å². The molecule has 8 heteroatoms. The van der Waals surface area contributed by atoms with Crippen molar-refractivity contribution in [3.63, 3.8) is 0 Å². The molecule has 6 nitrogen and oxygen atoms in total. The molecule has 4 aromatic rings. The van der Waals surface area contributed by atoms with Gasteiger partial charge in [0.15, 0.2) is 5.82 Å². The zero-order valence-corrected chi connectivity index (χ0v) is 18.1. The Morgan fingerprint density at radius 1 is 0.758 bits per heavy atom. The third kappa shape index (κ3) is 4.47. The fraction of sp³-hybridized carbons (Fsp3) is 0.240. The molecule has 1 aromatic heterocycles. The molecule has 1 saturated heterocycles. The van der Waals surface area contributed by atoms with Gasteiger partial charge in [0.25, 0.3) is 0 Å². The molecule has 168 valence electrons. The predicted octanol–water partition coefficient (Wildman–Crippen LogP) is 3.91. The zero-order valence-electron chi connectivity index (χ0n) is 18.1. The van der Waals surface area contributed by atoms with Crippen molar-refractivity contribution in [2.45, 2.75) is 12.6 Å². The van der Waals surface area contributed by atoms with Crippen LogP contribution in [0, 0.1) is 11.6 Å². The van der Waals surface area contributed by atoms with Crippen LogP contribution in [0.2, 0.25) is 0 Å². The van der Waals surface area contributed by atoms with Crippen LogP contribution in [0.25, 0.3) is 0 Å². The van der Waals surface area contributed by atoms with Gasteiger partial charge in [-0.25, -0.2) is 13.5 Å². The minimum atomic E-state index is -0.451. The van der Waals surface area contributed by atoms with E-state index in [0.717, 1.165) is 5.56 Å². The molecule has 1 fully saturated rings. The predicted molar refractivity (Wildman–Crippen MR) is 122 cm³/mol. The van der Waals surface area contributed by atoms with Crippen molar-refractivity contribution in [1.82, 2.24) is 25.1 Å². The van der Waals surface area contributed by atoms with E-state index in [1.165, 1.54) is 12.1 Å². The SMILES string of the molecule is Fc1ccccc1C(c1nnnn1Cc1ccccc1)N1CCN(c2ccccc2F)CC1. The number of rotatable bonds is 6. The minimum absolute atomic E-state index is 0.233. The van der Waals surface area contributed by atoms with Crippen LogP contribution in [0.1, 0.15) is 23.0 Å². The number of nitrogens with zero attached hydrogens (tertiary/aromatic N) is 6. The first-order valence-corrected chi connectivity index (χ1v) is 11.0. The van der Waals surface area contributed by atoms with Crippen molar-refractivity contribution >= 4 is 5.69 Å². The van der Waals surface area contributed by atoms with Crippen LogP contribution in [-0.4, -0.2) is 51.3 Å². The standard InChI is InChI=1S/C25H24F2N6/c26-21-11-5-4-10-20(21)24(25-28-29-30-33(25)18-19-8-2-1-3-9-19)32-16-14-31(15-17-32)23-13-7-6-12-22(23)27/h1-13,24H,14-18H2. The van der Waals surface area contributed by atoms with Crippen molar-refractivity contribution < 1.29 is 8.78 Å². The lowest BCUT2D eigenvalue weighted by atomic mass is 10.0. The van der Waals surface area contributed by atoms with Gasteiger partial charge in [0.05, 0.1) is 12.2 Å². The lowest BCUT2D eigenvalue weighted by Crippen LogP contribution is -2.48. The van der Waals surface area contributed by atoms with E-state index in [9.17, 15) is 8.78 Å². The lowest BCUT2D eigenvalue weighted by molar-refractivity contribution is 0.197. The molecule has 2 heterocycles. The molecule has 0 saturated carbocycles. The molecule has 0 radical (unpaired) electrons. The summed E-state index contributed by atoms with van der Waals surface area (Å²) in [6.45, 7) is 2.96. The highest BCUT2D eigenvalue weighted by atomic mass is 19.1. The maximum absolute atomic E-state index is 15.0. The third-order valence-electron chi connectivity index (χ3n) is 6.05. The van der Waals surface area contributed by atoms with Crippen molar-refractivity contribution in [1.29, 1.82) is 0 Å². The van der Waals surface area contributed by atoms with Crippen LogP contribution in [0.3, 0.4) is 0 Å². The van der Waals surface area contributed by atoms with Gasteiger partial charge in [-0.05, 0) is 34.2 Å². The quantitative estimate of drug-likeness (QED) is 0.450. The van der Waals surface area contributed by atoms with E-state index in [1.54, 1.807) is 28.9 Å². The summed E-state index contributed by atoms with van der Waals surface area (Å²) in [5, 5.41) is 12.4. The zero-order chi connectivity index (χ0) is 22.6. The van der Waals surface area contributed by atoms with Gasteiger partial charge in [-0.15, -0.1) is 5.10 Å². The molecule has 1 aliphatic rings. The maximum Gasteiger partial charge on any atom is 0.173 e. The van der Waals surface area contributed by atoms with E-state index in [4.69, 9.17) is 0 Å². The molecular formula is C25H24F2N6. The lowest BCUT2D eigenvalue weighted by Gasteiger charge is -2.40. The van der Waals surface area contributed by atoms with E-state index in [-0.39, 0.29) is 11.6 Å². The Morgan fingerprint density at radius 2 is 1.42 bits per heavy atom. The summed E-state index contributed by atoms with van der Waals surface area (Å²) >= 11 is 0. The minimum Gasteiger partial charge on any atom is -0.367 e. The topological polar surface area (TPSA) is 50.1 Å². The van der Waals surface area contributed by atoms with Crippen molar-refractivity contribution in [3.05, 3.63) is 107 Å². The van der Waals surface area contributed by atoms with Crippen molar-refractivity contribution in [2.75, 3.05) is 31.1 Å². The Labute approximate surface area is 191 Å². The fourth-order valence-electron chi connectivity index (χ4n) is 4.40. The van der Waals surface area contributed by atoms with Crippen molar-refractivity contribution in [3.8, 4) is 0 Å². The van der Waals surface area contributed by atoms with Crippen LogP contribution < -0.4 is 4.90 Å². The van der Waals surface area contributed by atoms with Gasteiger partial charge in [0.1, 0.15) is 17.7 Å². The van der Waals surface area contributed by atoms with Gasteiger partial charge in [0, 0.05) is 31.7 Å². The second kappa shape index (κ2) is 9.46. The number of benzene rings is 3. The van der Waals surface area contributed by atoms with Gasteiger partial charge >= 0.3 is 0 Å². The first-order chi connectivity index (χ1) is 16.2. The number of anilines is 1. The Hall–Kier alpha value is -3.65. The Bertz CT molecular complexity index is 1200. The number of para-hydroxylation sites is 1. The van der Waals surface area contributed by atoms with E-state index in [1.807, 2.05) is 47.4 Å². The highest BCUT2D eigenvalue weighted by molar-refractivity contribution is 5.48. The second-order valence-electron chi connectivity index (χ2n) is 8.08. The van der Waals surface area contributed by atoms with Gasteiger partial charge < -0.3 is 4.90 Å². The van der Waals surface area contributed by atoms with Crippen LogP contribution in [0.5, 0.6) is 0 Å². The molecule has 0 spiro atoms. The van der Waals surface area contributed by atoms with E-state index in [0.29, 0.717) is 49.8 Å². The summed E-state index contributed by atoms with van der Waals surface area (Å²) in [6.07, 6.45) is 0. The van der Waals surface area contributed by atoms with E-state index >= 15 is 0 Å². The van der Waals surface area contributed by atoms with Gasteiger partial charge in [-0.3, -0.25) is 4.90 Å². The average Bonchev–Trinajstić information content (AvgIpc) is 3.29. The summed E-state index contributed by atoms with van der Waals surface area (Å²) in [6, 6.07) is 23.0. The smallest absolute Gasteiger partial charge is 0.173 e. The first kappa shape index (κ1) is 21.2. The van der Waals surface area contributed by atoms with Crippen LogP contribution in [-0.2, 0) is 6.54 Å². The molecule has 0 amide bonds. The number of piperazine rings is 1. The monoisotopic (exact) mass is 446 g/mol. The molecule has 3 aromatic carbocycles. The van der Waals surface area contributed by atoms with E-state index in [2.05, 4.69) is 20.4 Å². The van der Waals surface area contributed by atoms with E-state index < -0.39 is 6.04 Å². The molecule has 1 atom stereocenters. The van der Waals surface area contributed by atoms with Crippen LogP contribution >= 0.6 is 0 Å². The molecule has 0 N–H and O–H groups in total. The summed E-state index contributed by atoms with van der Waals surface area (Å²) in [7, 11) is 0. The fourth-order valence-corrected chi connectivity index (χ4v) is 4.40. The summed E-state index contributed by atoms with van der Waals surface area (Å²) in [5.41, 5.74) is 2.18. The first-order valence-electron chi connectivity index (χ1n) is 11.0. The number of aromatic nitrogens is 4. The molecule has 1 unspecified atom stereocenters. The molecular weight excluding hydrogens is 422 g/mol. The molecule has 0 aliphatic carbocycles. The number of halogens is 2. The number of hydrogen-bond acceptors (Lipinski definition) is 5. The summed E-state index contributed by atoms with van der Waals surface area (Å²) in [4.78, 5) is 4.19. The largest absolute Gasteiger partial charge is 0.367 e. The average molecular weight is 447 g/mol. The molecule has 5 rings (SSSR count). The van der Waals surface area contributed by atoms with Gasteiger partial charge in [0.2, 0.25) is 0 Å². The highest BCUT2D eigenvalue weighted by Crippen LogP contribution is 2.31. The molecule has 0 bridgehead atoms. The highest BCUT2D eigenvalue weighted by Gasteiger charge is 2.32. The number of hydrogen-bond donors (Lipinski definition) is 0. The summed E-state index contributed by atoms with van der Waals surface area (Å²) in [5.74, 6) is 0.0556. The Kier molecular flexibility index (Phi) is 6.08. The van der Waals surface area contributed by atoms with Crippen LogP contribution in [0.15, 0.2) is 78.9 Å².